The highest BCUT2D eigenvalue weighted by Gasteiger charge is 2.23. The summed E-state index contributed by atoms with van der Waals surface area (Å²) < 4.78 is 7.03. The van der Waals surface area contributed by atoms with Crippen molar-refractivity contribution >= 4 is 23.0 Å². The molecule has 1 heterocycles. The first-order valence-corrected chi connectivity index (χ1v) is 9.18. The van der Waals surface area contributed by atoms with E-state index in [4.69, 9.17) is 16.3 Å². The van der Waals surface area contributed by atoms with E-state index in [9.17, 15) is 4.79 Å². The topological polar surface area (TPSA) is 56.1 Å². The van der Waals surface area contributed by atoms with E-state index >= 15 is 0 Å². The van der Waals surface area contributed by atoms with Crippen LogP contribution in [0.1, 0.15) is 25.5 Å². The van der Waals surface area contributed by atoms with E-state index in [1.807, 2.05) is 56.3 Å². The number of rotatable bonds is 6. The third kappa shape index (κ3) is 4.04. The number of benzene rings is 2. The maximum absolute atomic E-state index is 13.1. The van der Waals surface area contributed by atoms with Gasteiger partial charge in [-0.2, -0.15) is 5.10 Å². The van der Waals surface area contributed by atoms with Crippen LogP contribution in [0.15, 0.2) is 59.4 Å². The van der Waals surface area contributed by atoms with Crippen molar-refractivity contribution in [1.29, 1.82) is 0 Å². The molecule has 0 aliphatic rings. The number of ether oxygens (including phenoxy) is 1. The highest BCUT2D eigenvalue weighted by atomic mass is 35.5. The summed E-state index contributed by atoms with van der Waals surface area (Å²) in [5, 5.41) is 8.44. The van der Waals surface area contributed by atoms with E-state index in [-0.39, 0.29) is 11.7 Å². The van der Waals surface area contributed by atoms with Crippen LogP contribution in [0.5, 0.6) is 0 Å². The number of halogens is 1. The molecule has 1 atom stereocenters. The molecule has 140 valence electrons. The van der Waals surface area contributed by atoms with Crippen LogP contribution in [0.4, 0.5) is 11.4 Å². The fourth-order valence-corrected chi connectivity index (χ4v) is 3.14. The minimum atomic E-state index is -0.325. The molecule has 0 saturated carbocycles. The summed E-state index contributed by atoms with van der Waals surface area (Å²) in [6, 6.07) is 17.1. The van der Waals surface area contributed by atoms with Crippen LogP contribution in [0.2, 0.25) is 5.02 Å². The molecule has 0 amide bonds. The number of aryl methyl sites for hydroxylation is 1. The fourth-order valence-electron chi connectivity index (χ4n) is 2.95. The number of methoxy groups -OCH3 is 1. The molecule has 0 aliphatic heterocycles. The van der Waals surface area contributed by atoms with Crippen LogP contribution in [0.25, 0.3) is 11.3 Å². The zero-order chi connectivity index (χ0) is 19.4. The van der Waals surface area contributed by atoms with E-state index in [2.05, 4.69) is 10.4 Å². The summed E-state index contributed by atoms with van der Waals surface area (Å²) >= 11 is 6.11. The molecule has 1 unspecified atom stereocenters. The largest absolute Gasteiger partial charge is 0.377 e. The maximum atomic E-state index is 13.1. The van der Waals surface area contributed by atoms with Gasteiger partial charge in [0.05, 0.1) is 11.8 Å². The van der Waals surface area contributed by atoms with Gasteiger partial charge in [0.1, 0.15) is 5.69 Å². The van der Waals surface area contributed by atoms with Crippen LogP contribution in [0.3, 0.4) is 0 Å². The maximum Gasteiger partial charge on any atom is 0.290 e. The lowest BCUT2D eigenvalue weighted by atomic mass is 10.0. The van der Waals surface area contributed by atoms with Crippen LogP contribution in [0, 0.1) is 0 Å². The van der Waals surface area contributed by atoms with Crippen LogP contribution in [-0.2, 0) is 11.3 Å². The van der Waals surface area contributed by atoms with Crippen molar-refractivity contribution in [3.63, 3.8) is 0 Å². The van der Waals surface area contributed by atoms with Crippen molar-refractivity contribution in [3.8, 4) is 11.3 Å². The zero-order valence-corrected chi connectivity index (χ0v) is 16.3. The molecule has 5 nitrogen and oxygen atoms in total. The van der Waals surface area contributed by atoms with Crippen LogP contribution in [-0.4, -0.2) is 16.9 Å². The Kier molecular flexibility index (Phi) is 5.94. The Morgan fingerprint density at radius 2 is 1.93 bits per heavy atom. The van der Waals surface area contributed by atoms with Crippen LogP contribution < -0.4 is 10.9 Å². The molecular weight excluding hydrogens is 362 g/mol. The molecule has 0 radical (unpaired) electrons. The Bertz CT molecular complexity index is 986. The summed E-state index contributed by atoms with van der Waals surface area (Å²) in [6.45, 7) is 4.26. The summed E-state index contributed by atoms with van der Waals surface area (Å²) in [4.78, 5) is 13.1. The van der Waals surface area contributed by atoms with Gasteiger partial charge in [-0.15, -0.1) is 0 Å². The first kappa shape index (κ1) is 19.1. The number of hydrogen-bond acceptors (Lipinski definition) is 4. The quantitative estimate of drug-likeness (QED) is 0.648. The van der Waals surface area contributed by atoms with E-state index in [0.717, 1.165) is 22.5 Å². The van der Waals surface area contributed by atoms with Gasteiger partial charge < -0.3 is 10.1 Å². The van der Waals surface area contributed by atoms with E-state index in [1.165, 1.54) is 4.68 Å². The average molecular weight is 384 g/mol. The molecule has 0 bridgehead atoms. The number of nitrogens with zero attached hydrogens (tertiary/aromatic N) is 2. The molecule has 3 rings (SSSR count). The van der Waals surface area contributed by atoms with Crippen molar-refractivity contribution in [2.24, 2.45) is 0 Å². The van der Waals surface area contributed by atoms with E-state index in [1.54, 1.807) is 19.2 Å². The van der Waals surface area contributed by atoms with Gasteiger partial charge in [-0.05, 0) is 32.0 Å². The molecule has 6 heteroatoms. The molecular formula is C21H22ClN3O2. The highest BCUT2D eigenvalue weighted by molar-refractivity contribution is 6.30. The van der Waals surface area contributed by atoms with E-state index < -0.39 is 0 Å². The third-order valence-electron chi connectivity index (χ3n) is 4.39. The third-order valence-corrected chi connectivity index (χ3v) is 4.63. The predicted molar refractivity (Wildman–Crippen MR) is 110 cm³/mol. The highest BCUT2D eigenvalue weighted by Crippen LogP contribution is 2.33. The van der Waals surface area contributed by atoms with Gasteiger partial charge in [-0.25, -0.2) is 4.68 Å². The summed E-state index contributed by atoms with van der Waals surface area (Å²) in [7, 11) is 1.62. The van der Waals surface area contributed by atoms with Gasteiger partial charge in [0.15, 0.2) is 0 Å². The number of nitrogens with one attached hydrogen (secondary N) is 1. The zero-order valence-electron chi connectivity index (χ0n) is 15.6. The van der Waals surface area contributed by atoms with Crippen molar-refractivity contribution in [2.75, 3.05) is 12.4 Å². The Hall–Kier alpha value is -2.63. The standard InChI is InChI=1S/C21H22ClN3O2/c1-4-25-21(26)20(23-17-12-8-11-16(22)13-17)18(14(2)27-3)19(24-25)15-9-6-5-7-10-15/h5-14,23H,4H2,1-3H3. The molecule has 0 spiro atoms. The molecule has 3 aromatic rings. The Balaban J connectivity index is 2.27. The monoisotopic (exact) mass is 383 g/mol. The van der Waals surface area contributed by atoms with Crippen LogP contribution >= 0.6 is 11.6 Å². The van der Waals surface area contributed by atoms with Gasteiger partial charge in [0.2, 0.25) is 0 Å². The number of aromatic nitrogens is 2. The van der Waals surface area contributed by atoms with Crippen molar-refractivity contribution in [2.45, 2.75) is 26.5 Å². The second-order valence-corrected chi connectivity index (χ2v) is 6.57. The van der Waals surface area contributed by atoms with Gasteiger partial charge in [-0.3, -0.25) is 4.79 Å². The SMILES string of the molecule is CCn1nc(-c2ccccc2)c(C(C)OC)c(Nc2cccc(Cl)c2)c1=O. The number of hydrogen-bond donors (Lipinski definition) is 1. The minimum Gasteiger partial charge on any atom is -0.377 e. The summed E-state index contributed by atoms with van der Waals surface area (Å²) in [5.74, 6) is 0. The Morgan fingerprint density at radius 3 is 2.56 bits per heavy atom. The average Bonchev–Trinajstić information content (AvgIpc) is 2.69. The molecule has 0 aliphatic carbocycles. The van der Waals surface area contributed by atoms with Crippen molar-refractivity contribution in [1.82, 2.24) is 9.78 Å². The molecule has 27 heavy (non-hydrogen) atoms. The van der Waals surface area contributed by atoms with Crippen molar-refractivity contribution in [3.05, 3.63) is 75.5 Å². The molecule has 2 aromatic carbocycles. The van der Waals surface area contributed by atoms with Crippen molar-refractivity contribution < 1.29 is 4.74 Å². The summed E-state index contributed by atoms with van der Waals surface area (Å²) in [6.07, 6.45) is -0.325. The van der Waals surface area contributed by atoms with Gasteiger partial charge in [0.25, 0.3) is 5.56 Å². The fraction of sp³-hybridized carbons (Fsp3) is 0.238. The molecule has 1 aromatic heterocycles. The first-order chi connectivity index (χ1) is 13.0. The first-order valence-electron chi connectivity index (χ1n) is 8.81. The lowest BCUT2D eigenvalue weighted by Gasteiger charge is -2.21. The van der Waals surface area contributed by atoms with Gasteiger partial charge in [0, 0.05) is 35.5 Å². The van der Waals surface area contributed by atoms with Gasteiger partial charge in [-0.1, -0.05) is 48.0 Å². The Morgan fingerprint density at radius 1 is 1.19 bits per heavy atom. The molecule has 0 saturated heterocycles. The molecule has 1 N–H and O–H groups in total. The normalized spacial score (nSPS) is 12.0. The Labute approximate surface area is 163 Å². The second-order valence-electron chi connectivity index (χ2n) is 6.14. The smallest absolute Gasteiger partial charge is 0.290 e. The summed E-state index contributed by atoms with van der Waals surface area (Å²) in [5.41, 5.74) is 3.34. The molecule has 0 fully saturated rings. The lowest BCUT2D eigenvalue weighted by Crippen LogP contribution is -2.28. The van der Waals surface area contributed by atoms with E-state index in [0.29, 0.717) is 17.3 Å². The second kappa shape index (κ2) is 8.37. The van der Waals surface area contributed by atoms with Gasteiger partial charge >= 0.3 is 0 Å². The predicted octanol–water partition coefficient (Wildman–Crippen LogP) is 5.03. The lowest BCUT2D eigenvalue weighted by molar-refractivity contribution is 0.120. The number of anilines is 2. The minimum absolute atomic E-state index is 0.198.